The number of hydrogen-bond donors (Lipinski definition) is 0. The molecule has 1 unspecified atom stereocenters. The molecule has 0 spiro atoms. The number of carbonyl (C=O) groups is 1. The molecule has 1 aromatic rings. The largest absolute Gasteiger partial charge is 0.299 e. The Bertz CT molecular complexity index is 388. The Balaban J connectivity index is 1.95. The number of ketones is 1. The summed E-state index contributed by atoms with van der Waals surface area (Å²) in [6.45, 7) is 4.89. The monoisotopic (exact) mass is 295 g/mol. The molecule has 0 bridgehead atoms. The lowest BCUT2D eigenvalue weighted by molar-refractivity contribution is -0.126. The summed E-state index contributed by atoms with van der Waals surface area (Å²) in [7, 11) is 0. The van der Waals surface area contributed by atoms with Gasteiger partial charge in [0, 0.05) is 36.4 Å². The van der Waals surface area contributed by atoms with Crippen molar-refractivity contribution in [2.75, 3.05) is 13.1 Å². The van der Waals surface area contributed by atoms with Gasteiger partial charge in [-0.25, -0.2) is 0 Å². The van der Waals surface area contributed by atoms with Gasteiger partial charge < -0.3 is 0 Å². The molecule has 0 radical (unpaired) electrons. The summed E-state index contributed by atoms with van der Waals surface area (Å²) in [6, 6.07) is 8.42. The molecule has 1 fully saturated rings. The normalized spacial score (nSPS) is 21.8. The SMILES string of the molecule is CCC1CN(Cc2ccc(Br)cc2)CCC1=O. The molecule has 1 aliphatic heterocycles. The molecule has 2 nitrogen and oxygen atoms in total. The van der Waals surface area contributed by atoms with Crippen LogP contribution in [-0.4, -0.2) is 23.8 Å². The van der Waals surface area contributed by atoms with Crippen molar-refractivity contribution in [2.45, 2.75) is 26.3 Å². The number of halogens is 1. The van der Waals surface area contributed by atoms with E-state index in [-0.39, 0.29) is 5.92 Å². The molecule has 1 atom stereocenters. The van der Waals surface area contributed by atoms with E-state index in [0.717, 1.165) is 36.9 Å². The number of Topliss-reactive ketones (excluding diaryl/α,β-unsaturated/α-hetero) is 1. The highest BCUT2D eigenvalue weighted by molar-refractivity contribution is 9.10. The van der Waals surface area contributed by atoms with Gasteiger partial charge in [0.25, 0.3) is 0 Å². The molecule has 1 saturated heterocycles. The molecule has 0 N–H and O–H groups in total. The first-order valence-corrected chi connectivity index (χ1v) is 6.98. The Hall–Kier alpha value is -0.670. The van der Waals surface area contributed by atoms with E-state index in [9.17, 15) is 4.79 Å². The lowest BCUT2D eigenvalue weighted by atomic mass is 9.94. The number of hydrogen-bond acceptors (Lipinski definition) is 2. The van der Waals surface area contributed by atoms with Gasteiger partial charge in [0.2, 0.25) is 0 Å². The summed E-state index contributed by atoms with van der Waals surface area (Å²) in [5.41, 5.74) is 1.32. The molecule has 0 saturated carbocycles. The van der Waals surface area contributed by atoms with E-state index < -0.39 is 0 Å². The van der Waals surface area contributed by atoms with E-state index in [1.807, 2.05) is 0 Å². The fourth-order valence-electron chi connectivity index (χ4n) is 2.33. The molecular formula is C14H18BrNO. The van der Waals surface area contributed by atoms with Crippen LogP contribution in [0.4, 0.5) is 0 Å². The predicted octanol–water partition coefficient (Wildman–Crippen LogP) is 3.25. The zero-order valence-electron chi connectivity index (χ0n) is 10.2. The van der Waals surface area contributed by atoms with Gasteiger partial charge in [0.1, 0.15) is 5.78 Å². The van der Waals surface area contributed by atoms with Gasteiger partial charge in [-0.05, 0) is 24.1 Å². The number of likely N-dealkylation sites (tertiary alicyclic amines) is 1. The Kier molecular flexibility index (Phi) is 4.35. The van der Waals surface area contributed by atoms with Gasteiger partial charge >= 0.3 is 0 Å². The predicted molar refractivity (Wildman–Crippen MR) is 72.8 cm³/mol. The van der Waals surface area contributed by atoms with E-state index in [0.29, 0.717) is 5.78 Å². The van der Waals surface area contributed by atoms with Crippen molar-refractivity contribution in [3.05, 3.63) is 34.3 Å². The molecule has 0 aliphatic carbocycles. The second-order valence-corrected chi connectivity index (χ2v) is 5.60. The third-order valence-electron chi connectivity index (χ3n) is 3.42. The minimum absolute atomic E-state index is 0.249. The zero-order chi connectivity index (χ0) is 12.3. The molecule has 17 heavy (non-hydrogen) atoms. The van der Waals surface area contributed by atoms with Gasteiger partial charge in [-0.2, -0.15) is 0 Å². The maximum Gasteiger partial charge on any atom is 0.138 e. The number of benzene rings is 1. The first kappa shape index (κ1) is 12.8. The maximum atomic E-state index is 11.6. The standard InChI is InChI=1S/C14H18BrNO/c1-2-12-10-16(8-7-14(12)17)9-11-3-5-13(15)6-4-11/h3-6,12H,2,7-10H2,1H3. The van der Waals surface area contributed by atoms with Gasteiger partial charge in [-0.1, -0.05) is 35.0 Å². The van der Waals surface area contributed by atoms with Crippen LogP contribution in [0.5, 0.6) is 0 Å². The first-order valence-electron chi connectivity index (χ1n) is 6.18. The second kappa shape index (κ2) is 5.78. The van der Waals surface area contributed by atoms with Crippen molar-refractivity contribution in [3.8, 4) is 0 Å². The zero-order valence-corrected chi connectivity index (χ0v) is 11.7. The van der Waals surface area contributed by atoms with E-state index in [1.165, 1.54) is 5.56 Å². The van der Waals surface area contributed by atoms with Gasteiger partial charge in [0.05, 0.1) is 0 Å². The summed E-state index contributed by atoms with van der Waals surface area (Å²) >= 11 is 3.44. The van der Waals surface area contributed by atoms with Crippen LogP contribution >= 0.6 is 15.9 Å². The Morgan fingerprint density at radius 3 is 2.71 bits per heavy atom. The Labute approximate surface area is 111 Å². The number of rotatable bonds is 3. The second-order valence-electron chi connectivity index (χ2n) is 4.68. The van der Waals surface area contributed by atoms with Crippen LogP contribution in [-0.2, 0) is 11.3 Å². The van der Waals surface area contributed by atoms with Gasteiger partial charge in [-0.3, -0.25) is 9.69 Å². The summed E-state index contributed by atoms with van der Waals surface area (Å²) < 4.78 is 1.11. The molecule has 1 aromatic carbocycles. The van der Waals surface area contributed by atoms with Crippen LogP contribution in [0.2, 0.25) is 0 Å². The fraction of sp³-hybridized carbons (Fsp3) is 0.500. The maximum absolute atomic E-state index is 11.6. The molecule has 1 heterocycles. The van der Waals surface area contributed by atoms with Crippen LogP contribution in [0, 0.1) is 5.92 Å². The first-order chi connectivity index (χ1) is 8.19. The average molecular weight is 296 g/mol. The van der Waals surface area contributed by atoms with E-state index in [1.54, 1.807) is 0 Å². The molecule has 0 aromatic heterocycles. The molecular weight excluding hydrogens is 278 g/mol. The van der Waals surface area contributed by atoms with Crippen molar-refractivity contribution in [1.29, 1.82) is 0 Å². The number of piperidine rings is 1. The molecule has 0 amide bonds. The number of nitrogens with zero attached hydrogens (tertiary/aromatic N) is 1. The van der Waals surface area contributed by atoms with Crippen molar-refractivity contribution in [1.82, 2.24) is 4.90 Å². The third-order valence-corrected chi connectivity index (χ3v) is 3.95. The summed E-state index contributed by atoms with van der Waals surface area (Å²) in [6.07, 6.45) is 1.69. The van der Waals surface area contributed by atoms with E-state index in [4.69, 9.17) is 0 Å². The molecule has 2 rings (SSSR count). The summed E-state index contributed by atoms with van der Waals surface area (Å²) in [5.74, 6) is 0.693. The van der Waals surface area contributed by atoms with Crippen molar-refractivity contribution >= 4 is 21.7 Å². The highest BCUT2D eigenvalue weighted by Crippen LogP contribution is 2.19. The fourth-order valence-corrected chi connectivity index (χ4v) is 2.59. The quantitative estimate of drug-likeness (QED) is 0.853. The molecule has 3 heteroatoms. The summed E-state index contributed by atoms with van der Waals surface area (Å²) in [4.78, 5) is 14.0. The Morgan fingerprint density at radius 1 is 1.35 bits per heavy atom. The minimum atomic E-state index is 0.249. The van der Waals surface area contributed by atoms with Crippen molar-refractivity contribution in [2.24, 2.45) is 5.92 Å². The highest BCUT2D eigenvalue weighted by Gasteiger charge is 2.25. The van der Waals surface area contributed by atoms with Crippen molar-refractivity contribution in [3.63, 3.8) is 0 Å². The summed E-state index contributed by atoms with van der Waals surface area (Å²) in [5, 5.41) is 0. The van der Waals surface area contributed by atoms with E-state index in [2.05, 4.69) is 52.0 Å². The van der Waals surface area contributed by atoms with Gasteiger partial charge in [0.15, 0.2) is 0 Å². The smallest absolute Gasteiger partial charge is 0.138 e. The molecule has 92 valence electrons. The van der Waals surface area contributed by atoms with Crippen molar-refractivity contribution < 1.29 is 4.79 Å². The van der Waals surface area contributed by atoms with Crippen LogP contribution < -0.4 is 0 Å². The van der Waals surface area contributed by atoms with Crippen LogP contribution in [0.3, 0.4) is 0 Å². The lowest BCUT2D eigenvalue weighted by Gasteiger charge is -2.31. The third kappa shape index (κ3) is 3.39. The van der Waals surface area contributed by atoms with Crippen LogP contribution in [0.1, 0.15) is 25.3 Å². The average Bonchev–Trinajstić information content (AvgIpc) is 2.34. The van der Waals surface area contributed by atoms with Gasteiger partial charge in [-0.15, -0.1) is 0 Å². The topological polar surface area (TPSA) is 20.3 Å². The van der Waals surface area contributed by atoms with E-state index >= 15 is 0 Å². The Morgan fingerprint density at radius 2 is 2.06 bits per heavy atom. The molecule has 1 aliphatic rings. The lowest BCUT2D eigenvalue weighted by Crippen LogP contribution is -2.40. The number of carbonyl (C=O) groups excluding carboxylic acids is 1. The van der Waals surface area contributed by atoms with Crippen LogP contribution in [0.15, 0.2) is 28.7 Å². The minimum Gasteiger partial charge on any atom is -0.299 e. The highest BCUT2D eigenvalue weighted by atomic mass is 79.9. The van der Waals surface area contributed by atoms with Crippen LogP contribution in [0.25, 0.3) is 0 Å².